The maximum absolute atomic E-state index is 14.4. The number of nitrogens with zero attached hydrogens (tertiary/aromatic N) is 7. The highest BCUT2D eigenvalue weighted by Gasteiger charge is 2.35. The van der Waals surface area contributed by atoms with E-state index in [0.29, 0.717) is 43.1 Å². The number of aromatic nitrogens is 5. The van der Waals surface area contributed by atoms with E-state index in [4.69, 9.17) is 19.3 Å². The number of alkyl halides is 3. The van der Waals surface area contributed by atoms with Crippen LogP contribution in [0.1, 0.15) is 52.3 Å². The maximum Gasteiger partial charge on any atom is 0.410 e. The number of carbonyl (C=O) groups excluding carboxylic acids is 1. The van der Waals surface area contributed by atoms with Crippen LogP contribution < -0.4 is 4.74 Å². The van der Waals surface area contributed by atoms with Gasteiger partial charge in [0.05, 0.1) is 24.9 Å². The highest BCUT2D eigenvalue weighted by Crippen LogP contribution is 2.38. The number of ether oxygens (including phenoxy) is 3. The second-order valence-corrected chi connectivity index (χ2v) is 20.2. The Morgan fingerprint density at radius 2 is 1.90 bits per heavy atom. The fraction of sp³-hybridized carbons (Fsp3) is 0.514. The van der Waals surface area contributed by atoms with E-state index in [-0.39, 0.29) is 35.5 Å². The number of carbonyl (C=O) groups is 1. The van der Waals surface area contributed by atoms with E-state index >= 15 is 0 Å². The molecule has 0 aromatic carbocycles. The second kappa shape index (κ2) is 15.3. The predicted octanol–water partition coefficient (Wildman–Crippen LogP) is 7.96. The van der Waals surface area contributed by atoms with Gasteiger partial charge in [-0.05, 0) is 82.7 Å². The summed E-state index contributed by atoms with van der Waals surface area (Å²) in [6.07, 6.45) is 0.978. The van der Waals surface area contributed by atoms with E-state index in [0.717, 1.165) is 22.8 Å². The molecular formula is C35H48F3N7O4Si. The molecule has 1 amide bonds. The van der Waals surface area contributed by atoms with Gasteiger partial charge in [-0.1, -0.05) is 25.7 Å². The molecule has 272 valence electrons. The Hall–Kier alpha value is -4.24. The van der Waals surface area contributed by atoms with Crippen LogP contribution in [-0.4, -0.2) is 88.7 Å². The lowest BCUT2D eigenvalue weighted by Gasteiger charge is -2.30. The summed E-state index contributed by atoms with van der Waals surface area (Å²) in [5, 5.41) is 8.91. The van der Waals surface area contributed by atoms with Crippen molar-refractivity contribution in [3.05, 3.63) is 58.7 Å². The summed E-state index contributed by atoms with van der Waals surface area (Å²) in [7, 11) is 0.0234. The molecule has 11 nitrogen and oxygen atoms in total. The quantitative estimate of drug-likeness (QED) is 0.0810. The van der Waals surface area contributed by atoms with Crippen molar-refractivity contribution in [3.8, 4) is 17.0 Å². The number of pyridine rings is 1. The molecule has 0 saturated carbocycles. The zero-order valence-corrected chi connectivity index (χ0v) is 31.4. The monoisotopic (exact) mass is 715 g/mol. The third-order valence-corrected chi connectivity index (χ3v) is 9.88. The van der Waals surface area contributed by atoms with Crippen LogP contribution in [0.3, 0.4) is 0 Å². The van der Waals surface area contributed by atoms with Crippen LogP contribution in [-0.2, 0) is 22.6 Å². The zero-order chi connectivity index (χ0) is 37.0. The Morgan fingerprint density at radius 3 is 2.48 bits per heavy atom. The minimum absolute atomic E-state index is 0.0413. The first kappa shape index (κ1) is 38.6. The molecule has 1 aliphatic heterocycles. The fourth-order valence-corrected chi connectivity index (χ4v) is 6.21. The number of fused-ring (bicyclic) bond motifs is 1. The molecule has 0 atom stereocenters. The molecule has 0 spiro atoms. The average molecular weight is 716 g/mol. The lowest BCUT2D eigenvalue weighted by molar-refractivity contribution is -0.127. The van der Waals surface area contributed by atoms with Gasteiger partial charge in [-0.15, -0.1) is 0 Å². The molecule has 1 aliphatic rings. The molecule has 0 aliphatic carbocycles. The number of halogens is 3. The molecule has 0 unspecified atom stereocenters. The van der Waals surface area contributed by atoms with Crippen molar-refractivity contribution in [1.82, 2.24) is 29.3 Å². The van der Waals surface area contributed by atoms with Crippen LogP contribution in [0, 0.1) is 0 Å². The highest BCUT2D eigenvalue weighted by molar-refractivity contribution is 6.76. The van der Waals surface area contributed by atoms with Crippen LogP contribution in [0.4, 0.5) is 18.0 Å². The molecule has 0 bridgehead atoms. The van der Waals surface area contributed by atoms with Crippen molar-refractivity contribution < 1.29 is 32.2 Å². The van der Waals surface area contributed by atoms with Crippen molar-refractivity contribution in [2.75, 3.05) is 26.8 Å². The van der Waals surface area contributed by atoms with Crippen LogP contribution in [0.25, 0.3) is 22.6 Å². The van der Waals surface area contributed by atoms with Crippen LogP contribution in [0.2, 0.25) is 25.7 Å². The lowest BCUT2D eigenvalue weighted by Crippen LogP contribution is -2.39. The van der Waals surface area contributed by atoms with Crippen LogP contribution >= 0.6 is 0 Å². The smallest absolute Gasteiger partial charge is 0.410 e. The number of methoxy groups -OCH3 is 1. The molecule has 4 heterocycles. The van der Waals surface area contributed by atoms with Gasteiger partial charge in [0.1, 0.15) is 24.4 Å². The Labute approximate surface area is 292 Å². The predicted molar refractivity (Wildman–Crippen MR) is 191 cm³/mol. The zero-order valence-electron chi connectivity index (χ0n) is 30.4. The number of amides is 1. The first-order valence-electron chi connectivity index (χ1n) is 16.5. The third kappa shape index (κ3) is 9.93. The van der Waals surface area contributed by atoms with E-state index in [1.165, 1.54) is 22.6 Å². The van der Waals surface area contributed by atoms with Gasteiger partial charge < -0.3 is 19.1 Å². The normalized spacial score (nSPS) is 15.2. The molecule has 3 aromatic rings. The van der Waals surface area contributed by atoms with Crippen LogP contribution in [0.5, 0.6) is 5.75 Å². The Balaban J connectivity index is 1.81. The average Bonchev–Trinajstić information content (AvgIpc) is 3.63. The summed E-state index contributed by atoms with van der Waals surface area (Å²) >= 11 is 0. The largest absolute Gasteiger partial charge is 0.493 e. The molecule has 0 N–H and O–H groups in total. The summed E-state index contributed by atoms with van der Waals surface area (Å²) in [5.74, 6) is 0.338. The number of hydrogen-bond acceptors (Lipinski definition) is 8. The molecule has 4 rings (SSSR count). The van der Waals surface area contributed by atoms with Gasteiger partial charge in [-0.25, -0.2) is 19.0 Å². The summed E-state index contributed by atoms with van der Waals surface area (Å²) in [4.78, 5) is 22.6. The summed E-state index contributed by atoms with van der Waals surface area (Å²) in [5.41, 5.74) is 3.27. The van der Waals surface area contributed by atoms with E-state index < -0.39 is 26.3 Å². The maximum atomic E-state index is 14.4. The minimum atomic E-state index is -4.57. The van der Waals surface area contributed by atoms with Gasteiger partial charge in [0, 0.05) is 45.1 Å². The van der Waals surface area contributed by atoms with Crippen molar-refractivity contribution in [2.45, 2.75) is 91.7 Å². The van der Waals surface area contributed by atoms with Gasteiger partial charge in [-0.2, -0.15) is 23.4 Å². The molecule has 0 fully saturated rings. The minimum Gasteiger partial charge on any atom is -0.493 e. The van der Waals surface area contributed by atoms with Gasteiger partial charge >= 0.3 is 12.3 Å². The Kier molecular flexibility index (Phi) is 11.8. The molecule has 50 heavy (non-hydrogen) atoms. The van der Waals surface area contributed by atoms with Crippen LogP contribution in [0.15, 0.2) is 52.5 Å². The summed E-state index contributed by atoms with van der Waals surface area (Å²) in [6, 6.07) is 2.50. The number of aliphatic imine (C=N–C) groups is 1. The van der Waals surface area contributed by atoms with Gasteiger partial charge in [0.25, 0.3) is 0 Å². The van der Waals surface area contributed by atoms with E-state index in [9.17, 15) is 18.0 Å². The van der Waals surface area contributed by atoms with E-state index in [1.54, 1.807) is 23.2 Å². The Morgan fingerprint density at radius 1 is 1.18 bits per heavy atom. The van der Waals surface area contributed by atoms with Gasteiger partial charge in [-0.3, -0.25) is 4.99 Å². The Bertz CT molecular complexity index is 1810. The van der Waals surface area contributed by atoms with Gasteiger partial charge in [0.15, 0.2) is 11.4 Å². The molecule has 0 radical (unpaired) electrons. The summed E-state index contributed by atoms with van der Waals surface area (Å²) < 4.78 is 63.0. The van der Waals surface area contributed by atoms with E-state index in [1.807, 2.05) is 40.7 Å². The number of allylic oxidation sites excluding steroid dienone is 3. The van der Waals surface area contributed by atoms with Gasteiger partial charge in [0.2, 0.25) is 0 Å². The summed E-state index contributed by atoms with van der Waals surface area (Å²) in [6.45, 7) is 20.9. The van der Waals surface area contributed by atoms with E-state index in [2.05, 4.69) is 41.4 Å². The second-order valence-electron chi connectivity index (χ2n) is 14.5. The standard InChI is InChI=1S/C35H48F3N7O4Si/c1-23(24(2)25-11-13-43(14-12-25)33(46)49-34(3,4)5)17-28(39-6)30-27(19-35(36,37)38)31(45(42-30)22-48-15-16-50(8,9)10)26-18-29(47-7)32-40-21-41-44(32)20-26/h11,17-18,20-21H,6,12-16,19,22H2,1-5,7-10H3/b24-23+,28-17-. The molecular weight excluding hydrogens is 668 g/mol. The van der Waals surface area contributed by atoms with Crippen molar-refractivity contribution in [1.29, 1.82) is 0 Å². The molecule has 3 aromatic heterocycles. The number of hydrogen-bond donors (Lipinski definition) is 0. The first-order chi connectivity index (χ1) is 23.3. The van der Waals surface area contributed by atoms with Crippen molar-refractivity contribution >= 4 is 32.2 Å². The molecule has 0 saturated heterocycles. The number of rotatable bonds is 12. The SMILES string of the molecule is C=N/C(=C\C(C)=C(/C)C1=CCN(C(=O)OC(C)(C)C)CC1)c1nn(COCC[Si](C)(C)C)c(-c2cc(OC)c3ncnn3c2)c1CC(F)(F)F. The first-order valence-corrected chi connectivity index (χ1v) is 20.2. The van der Waals surface area contributed by atoms with Crippen molar-refractivity contribution in [3.63, 3.8) is 0 Å². The van der Waals surface area contributed by atoms with Crippen molar-refractivity contribution in [2.24, 2.45) is 4.99 Å². The topological polar surface area (TPSA) is 108 Å². The highest BCUT2D eigenvalue weighted by atomic mass is 28.3. The molecule has 15 heteroatoms. The third-order valence-electron chi connectivity index (χ3n) is 8.17. The fourth-order valence-electron chi connectivity index (χ4n) is 5.45. The lowest BCUT2D eigenvalue weighted by atomic mass is 9.95.